The van der Waals surface area contributed by atoms with Gasteiger partial charge < -0.3 is 18.2 Å². The molecule has 0 bridgehead atoms. The van der Waals surface area contributed by atoms with Crippen LogP contribution in [0.1, 0.15) is 0 Å². The van der Waals surface area contributed by atoms with Gasteiger partial charge in [-0.15, -0.1) is 0 Å². The minimum absolute atomic E-state index is 0.875. The van der Waals surface area contributed by atoms with Crippen molar-refractivity contribution in [2.75, 3.05) is 4.90 Å². The molecular weight excluding hydrogens is 759 g/mol. The summed E-state index contributed by atoms with van der Waals surface area (Å²) in [5, 5.41) is 9.05. The van der Waals surface area contributed by atoms with Gasteiger partial charge in [0.05, 0.1) is 5.69 Å². The highest BCUT2D eigenvalue weighted by molar-refractivity contribution is 6.14. The number of rotatable bonds is 6. The van der Waals surface area contributed by atoms with E-state index in [9.17, 15) is 0 Å². The highest BCUT2D eigenvalue weighted by Crippen LogP contribution is 2.46. The summed E-state index contributed by atoms with van der Waals surface area (Å²) in [4.78, 5) is 2.36. The third kappa shape index (κ3) is 5.47. The van der Waals surface area contributed by atoms with Crippen LogP contribution < -0.4 is 4.90 Å². The Balaban J connectivity index is 0.953. The Hall–Kier alpha value is -8.34. The van der Waals surface area contributed by atoms with Crippen molar-refractivity contribution >= 4 is 93.7 Å². The molecule has 4 heteroatoms. The van der Waals surface area contributed by atoms with Crippen LogP contribution in [0.3, 0.4) is 0 Å². The Morgan fingerprint density at radius 1 is 0.274 bits per heavy atom. The summed E-state index contributed by atoms with van der Waals surface area (Å²) in [6.45, 7) is 0. The number of anilines is 3. The largest absolute Gasteiger partial charge is 0.456 e. The monoisotopic (exact) mass is 793 g/mol. The van der Waals surface area contributed by atoms with Crippen LogP contribution in [-0.4, -0.2) is 0 Å². The molecule has 4 nitrogen and oxygen atoms in total. The van der Waals surface area contributed by atoms with Crippen molar-refractivity contribution in [2.45, 2.75) is 0 Å². The predicted octanol–water partition coefficient (Wildman–Crippen LogP) is 17.0. The Labute approximate surface area is 356 Å². The molecule has 0 fully saturated rings. The van der Waals surface area contributed by atoms with Gasteiger partial charge in [0, 0.05) is 54.8 Å². The molecule has 0 saturated carbocycles. The maximum Gasteiger partial charge on any atom is 0.143 e. The van der Waals surface area contributed by atoms with Crippen LogP contribution in [0.25, 0.3) is 110 Å². The Bertz CT molecular complexity index is 3710. The van der Waals surface area contributed by atoms with E-state index in [2.05, 4.69) is 193 Å². The number of benzene rings is 10. The molecule has 0 aliphatic carbocycles. The van der Waals surface area contributed by atoms with E-state index >= 15 is 0 Å². The molecule has 13 aromatic rings. The number of furan rings is 3. The third-order valence-electron chi connectivity index (χ3n) is 12.5. The molecule has 290 valence electrons. The topological polar surface area (TPSA) is 42.7 Å². The van der Waals surface area contributed by atoms with Crippen molar-refractivity contribution in [1.82, 2.24) is 0 Å². The van der Waals surface area contributed by atoms with E-state index in [1.807, 2.05) is 24.3 Å². The first-order valence-corrected chi connectivity index (χ1v) is 21.0. The van der Waals surface area contributed by atoms with Gasteiger partial charge in [-0.05, 0) is 112 Å². The molecule has 62 heavy (non-hydrogen) atoms. The zero-order valence-corrected chi connectivity index (χ0v) is 33.4. The summed E-state index contributed by atoms with van der Waals surface area (Å²) in [6.07, 6.45) is 0. The van der Waals surface area contributed by atoms with Gasteiger partial charge in [-0.1, -0.05) is 133 Å². The minimum Gasteiger partial charge on any atom is -0.456 e. The molecular formula is C58H35NO3. The summed E-state index contributed by atoms with van der Waals surface area (Å²) in [5.74, 6) is 0. The van der Waals surface area contributed by atoms with Gasteiger partial charge in [-0.3, -0.25) is 0 Å². The van der Waals surface area contributed by atoms with Crippen molar-refractivity contribution in [3.8, 4) is 33.4 Å². The van der Waals surface area contributed by atoms with Crippen molar-refractivity contribution in [3.63, 3.8) is 0 Å². The van der Waals surface area contributed by atoms with Crippen LogP contribution in [0.5, 0.6) is 0 Å². The molecule has 3 heterocycles. The maximum absolute atomic E-state index is 6.79. The molecule has 0 radical (unpaired) electrons. The van der Waals surface area contributed by atoms with E-state index in [-0.39, 0.29) is 0 Å². The lowest BCUT2D eigenvalue weighted by Crippen LogP contribution is -2.11. The van der Waals surface area contributed by atoms with E-state index in [1.54, 1.807) is 0 Å². The number of nitrogens with zero attached hydrogens (tertiary/aromatic N) is 1. The van der Waals surface area contributed by atoms with Gasteiger partial charge in [-0.2, -0.15) is 0 Å². The molecule has 0 spiro atoms. The van der Waals surface area contributed by atoms with Crippen molar-refractivity contribution in [3.05, 3.63) is 212 Å². The van der Waals surface area contributed by atoms with Crippen LogP contribution in [0.2, 0.25) is 0 Å². The van der Waals surface area contributed by atoms with Crippen LogP contribution in [0, 0.1) is 0 Å². The van der Waals surface area contributed by atoms with Crippen LogP contribution >= 0.6 is 0 Å². The zero-order chi connectivity index (χ0) is 40.7. The second-order valence-corrected chi connectivity index (χ2v) is 16.0. The SMILES string of the molecule is c1ccc(N(c2ccc(-c3ccc4oc5ccccc5c4c3)cc2)c2ccc(-c3ccc4oc5ccccc5c4c3)cc2)c(-c2cccc3c2oc2cc4ccccc4cc23)c1. The number of fused-ring (bicyclic) bond motifs is 10. The second kappa shape index (κ2) is 13.6. The fraction of sp³-hybridized carbons (Fsp3) is 0. The molecule has 13 rings (SSSR count). The first-order valence-electron chi connectivity index (χ1n) is 21.0. The van der Waals surface area contributed by atoms with Gasteiger partial charge in [0.15, 0.2) is 0 Å². The number of hydrogen-bond donors (Lipinski definition) is 0. The standard InChI is InChI=1S/C58H35NO3/c1-2-11-39-35-57-51(32-38(39)10-1)48-16-9-15-47(58(48)62-57)44-12-3-6-17-52(44)59(42-26-20-36(21-27-42)40-24-30-55-49(33-40)45-13-4-7-18-53(45)60-55)43-28-22-37(23-29-43)41-25-31-56-50(34-41)46-14-5-8-19-54(46)61-56/h1-35H. The van der Waals surface area contributed by atoms with E-state index in [1.165, 1.54) is 5.39 Å². The van der Waals surface area contributed by atoms with E-state index in [4.69, 9.17) is 13.3 Å². The van der Waals surface area contributed by atoms with E-state index in [0.29, 0.717) is 0 Å². The van der Waals surface area contributed by atoms with Crippen LogP contribution in [0.15, 0.2) is 226 Å². The fourth-order valence-corrected chi connectivity index (χ4v) is 9.44. The molecule has 0 saturated heterocycles. The van der Waals surface area contributed by atoms with Gasteiger partial charge in [0.25, 0.3) is 0 Å². The van der Waals surface area contributed by atoms with Crippen molar-refractivity contribution in [2.24, 2.45) is 0 Å². The molecule has 0 amide bonds. The smallest absolute Gasteiger partial charge is 0.143 e. The molecule has 0 unspecified atom stereocenters. The normalized spacial score (nSPS) is 11.9. The molecule has 0 N–H and O–H groups in total. The first kappa shape index (κ1) is 34.5. The predicted molar refractivity (Wildman–Crippen MR) is 257 cm³/mol. The second-order valence-electron chi connectivity index (χ2n) is 16.0. The van der Waals surface area contributed by atoms with Crippen LogP contribution in [-0.2, 0) is 0 Å². The van der Waals surface area contributed by atoms with Gasteiger partial charge >= 0.3 is 0 Å². The molecule has 3 aromatic heterocycles. The lowest BCUT2D eigenvalue weighted by Gasteiger charge is -2.28. The zero-order valence-electron chi connectivity index (χ0n) is 33.4. The summed E-state index contributed by atoms with van der Waals surface area (Å²) in [7, 11) is 0. The summed E-state index contributed by atoms with van der Waals surface area (Å²) in [5.41, 5.74) is 15.1. The highest BCUT2D eigenvalue weighted by atomic mass is 16.3. The Morgan fingerprint density at radius 3 is 1.37 bits per heavy atom. The van der Waals surface area contributed by atoms with Crippen LogP contribution in [0.4, 0.5) is 17.1 Å². The van der Waals surface area contributed by atoms with Crippen molar-refractivity contribution < 1.29 is 13.3 Å². The lowest BCUT2D eigenvalue weighted by molar-refractivity contribution is 0.668. The van der Waals surface area contributed by atoms with Gasteiger partial charge in [0.1, 0.15) is 33.5 Å². The summed E-state index contributed by atoms with van der Waals surface area (Å²) < 4.78 is 19.1. The minimum atomic E-state index is 0.875. The molecule has 0 aliphatic heterocycles. The van der Waals surface area contributed by atoms with E-state index in [0.717, 1.165) is 122 Å². The fourth-order valence-electron chi connectivity index (χ4n) is 9.44. The molecule has 0 atom stereocenters. The molecule has 0 aliphatic rings. The third-order valence-corrected chi connectivity index (χ3v) is 12.5. The Morgan fingerprint density at radius 2 is 0.742 bits per heavy atom. The molecule has 10 aromatic carbocycles. The average Bonchev–Trinajstić information content (AvgIpc) is 4.02. The highest BCUT2D eigenvalue weighted by Gasteiger charge is 2.21. The maximum atomic E-state index is 6.79. The average molecular weight is 794 g/mol. The lowest BCUT2D eigenvalue weighted by atomic mass is 9.98. The van der Waals surface area contributed by atoms with Gasteiger partial charge in [-0.25, -0.2) is 0 Å². The Kier molecular flexibility index (Phi) is 7.57. The first-order chi connectivity index (χ1) is 30.7. The number of hydrogen-bond acceptors (Lipinski definition) is 4. The van der Waals surface area contributed by atoms with Crippen molar-refractivity contribution in [1.29, 1.82) is 0 Å². The summed E-state index contributed by atoms with van der Waals surface area (Å²) in [6, 6.07) is 75.2. The summed E-state index contributed by atoms with van der Waals surface area (Å²) >= 11 is 0. The van der Waals surface area contributed by atoms with Gasteiger partial charge in [0.2, 0.25) is 0 Å². The van der Waals surface area contributed by atoms with E-state index < -0.39 is 0 Å². The number of para-hydroxylation sites is 4. The quantitative estimate of drug-likeness (QED) is 0.168.